The van der Waals surface area contributed by atoms with Gasteiger partial charge in [-0.25, -0.2) is 9.97 Å². The van der Waals surface area contributed by atoms with Crippen molar-refractivity contribution in [2.45, 2.75) is 64.7 Å². The molecule has 1 N–H and O–H groups in total. The maximum Gasteiger partial charge on any atom is 0.207 e. The Balaban J connectivity index is 1.48. The van der Waals surface area contributed by atoms with Gasteiger partial charge < -0.3 is 5.32 Å². The van der Waals surface area contributed by atoms with Crippen LogP contribution in [0.3, 0.4) is 0 Å². The first-order chi connectivity index (χ1) is 16.6. The number of carbonyl (C=O) groups excluding carboxylic acids is 1. The van der Waals surface area contributed by atoms with Gasteiger partial charge in [-0.3, -0.25) is 9.78 Å². The van der Waals surface area contributed by atoms with Gasteiger partial charge in [0.15, 0.2) is 5.82 Å². The molecule has 1 aromatic carbocycles. The molecule has 5 heteroatoms. The topological polar surface area (TPSA) is 67.8 Å². The fourth-order valence-corrected chi connectivity index (χ4v) is 5.10. The molecular formula is C29H32N4O. The maximum atomic E-state index is 13.4. The molecule has 0 bridgehead atoms. The minimum Gasteiger partial charge on any atom is -0.340 e. The standard InChI is InChI=1S/C29H32N4O/c1-19(2)18-23-10-13-25-26(27(23)34)32-28(22-14-16-30-17-15-22)33-29(25)31-24-11-8-21(9-12-24)20-6-4-3-5-7-20/h8-12,14-17,19-20H,3-7,13,18H2,1-2H3,(H,31,32,33). The third-order valence-corrected chi connectivity index (χ3v) is 6.88. The Morgan fingerprint density at radius 1 is 0.971 bits per heavy atom. The molecule has 2 aliphatic rings. The van der Waals surface area contributed by atoms with Crippen LogP contribution in [-0.2, 0) is 6.42 Å². The summed E-state index contributed by atoms with van der Waals surface area (Å²) < 4.78 is 0. The van der Waals surface area contributed by atoms with Crippen LogP contribution in [0, 0.1) is 5.92 Å². The summed E-state index contributed by atoms with van der Waals surface area (Å²) in [4.78, 5) is 27.1. The lowest BCUT2D eigenvalue weighted by Crippen LogP contribution is -2.19. The Bertz CT molecular complexity index is 1190. The van der Waals surface area contributed by atoms with Gasteiger partial charge in [-0.05, 0) is 72.9 Å². The Morgan fingerprint density at radius 3 is 2.41 bits per heavy atom. The van der Waals surface area contributed by atoms with Crippen LogP contribution in [0.1, 0.15) is 79.9 Å². The highest BCUT2D eigenvalue weighted by molar-refractivity contribution is 6.10. The van der Waals surface area contributed by atoms with Gasteiger partial charge in [-0.1, -0.05) is 51.3 Å². The number of fused-ring (bicyclic) bond motifs is 1. The lowest BCUT2D eigenvalue weighted by molar-refractivity contribution is 0.102. The van der Waals surface area contributed by atoms with Gasteiger partial charge in [0.25, 0.3) is 0 Å². The van der Waals surface area contributed by atoms with Gasteiger partial charge in [0.05, 0.1) is 0 Å². The second kappa shape index (κ2) is 9.88. The Kier molecular flexibility index (Phi) is 6.52. The monoisotopic (exact) mass is 452 g/mol. The van der Waals surface area contributed by atoms with E-state index in [0.717, 1.165) is 28.8 Å². The highest BCUT2D eigenvalue weighted by atomic mass is 16.1. The normalized spacial score (nSPS) is 16.3. The molecule has 3 aromatic rings. The van der Waals surface area contributed by atoms with Gasteiger partial charge in [-0.15, -0.1) is 0 Å². The van der Waals surface area contributed by atoms with E-state index in [9.17, 15) is 4.79 Å². The third-order valence-electron chi connectivity index (χ3n) is 6.88. The molecule has 5 rings (SSSR count). The third kappa shape index (κ3) is 4.79. The molecule has 0 unspecified atom stereocenters. The smallest absolute Gasteiger partial charge is 0.207 e. The van der Waals surface area contributed by atoms with Crippen molar-refractivity contribution in [3.05, 3.63) is 77.3 Å². The zero-order valence-corrected chi connectivity index (χ0v) is 20.1. The summed E-state index contributed by atoms with van der Waals surface area (Å²) in [6.07, 6.45) is 13.5. The average Bonchev–Trinajstić information content (AvgIpc) is 2.87. The second-order valence-corrected chi connectivity index (χ2v) is 9.90. The van der Waals surface area contributed by atoms with E-state index in [-0.39, 0.29) is 5.78 Å². The molecule has 2 aromatic heterocycles. The van der Waals surface area contributed by atoms with E-state index in [2.05, 4.69) is 54.5 Å². The Morgan fingerprint density at radius 2 is 1.71 bits per heavy atom. The number of ketones is 1. The van der Waals surface area contributed by atoms with Crippen molar-refractivity contribution in [1.82, 2.24) is 15.0 Å². The van der Waals surface area contributed by atoms with Crippen molar-refractivity contribution >= 4 is 17.3 Å². The fourth-order valence-electron chi connectivity index (χ4n) is 5.10. The number of aromatic nitrogens is 3. The first-order valence-electron chi connectivity index (χ1n) is 12.5. The van der Waals surface area contributed by atoms with Crippen LogP contribution in [-0.4, -0.2) is 20.7 Å². The summed E-state index contributed by atoms with van der Waals surface area (Å²) in [6, 6.07) is 12.5. The highest BCUT2D eigenvalue weighted by Crippen LogP contribution is 2.35. The maximum absolute atomic E-state index is 13.4. The number of pyridine rings is 1. The number of Topliss-reactive ketones (excluding diaryl/α,β-unsaturated/α-hetero) is 1. The summed E-state index contributed by atoms with van der Waals surface area (Å²) in [6.45, 7) is 4.27. The van der Waals surface area contributed by atoms with Crippen LogP contribution in [0.15, 0.2) is 60.4 Å². The minimum atomic E-state index is 0.0170. The van der Waals surface area contributed by atoms with E-state index < -0.39 is 0 Å². The first kappa shape index (κ1) is 22.5. The predicted octanol–water partition coefficient (Wildman–Crippen LogP) is 7.04. The molecule has 2 aliphatic carbocycles. The summed E-state index contributed by atoms with van der Waals surface area (Å²) in [5, 5.41) is 3.50. The molecule has 5 nitrogen and oxygen atoms in total. The van der Waals surface area contributed by atoms with Crippen LogP contribution < -0.4 is 5.32 Å². The van der Waals surface area contributed by atoms with Crippen LogP contribution >= 0.6 is 0 Å². The van der Waals surface area contributed by atoms with Gasteiger partial charge >= 0.3 is 0 Å². The van der Waals surface area contributed by atoms with Crippen LogP contribution in [0.25, 0.3) is 11.4 Å². The lowest BCUT2D eigenvalue weighted by atomic mass is 9.84. The van der Waals surface area contributed by atoms with Gasteiger partial charge in [-0.2, -0.15) is 0 Å². The van der Waals surface area contributed by atoms with Crippen LogP contribution in [0.4, 0.5) is 11.5 Å². The summed E-state index contributed by atoms with van der Waals surface area (Å²) in [5.41, 5.74) is 5.48. The van der Waals surface area contributed by atoms with Crippen molar-refractivity contribution in [2.75, 3.05) is 5.32 Å². The molecule has 0 spiro atoms. The molecule has 0 amide bonds. The summed E-state index contributed by atoms with van der Waals surface area (Å²) >= 11 is 0. The number of allylic oxidation sites excluding steroid dienone is 2. The summed E-state index contributed by atoms with van der Waals surface area (Å²) in [5.74, 6) is 2.36. The molecule has 0 atom stereocenters. The van der Waals surface area contributed by atoms with Crippen molar-refractivity contribution in [3.8, 4) is 11.4 Å². The number of carbonyl (C=O) groups is 1. The first-order valence-corrected chi connectivity index (χ1v) is 12.5. The van der Waals surface area contributed by atoms with Crippen molar-refractivity contribution in [2.24, 2.45) is 5.92 Å². The van der Waals surface area contributed by atoms with Gasteiger partial charge in [0.1, 0.15) is 11.5 Å². The summed E-state index contributed by atoms with van der Waals surface area (Å²) in [7, 11) is 0. The molecule has 1 fully saturated rings. The Hall–Kier alpha value is -3.34. The van der Waals surface area contributed by atoms with E-state index in [1.807, 2.05) is 12.1 Å². The highest BCUT2D eigenvalue weighted by Gasteiger charge is 2.27. The number of rotatable bonds is 6. The van der Waals surface area contributed by atoms with Crippen LogP contribution in [0.2, 0.25) is 0 Å². The molecule has 174 valence electrons. The fraction of sp³-hybridized carbons (Fsp3) is 0.379. The van der Waals surface area contributed by atoms with Gasteiger partial charge in [0, 0.05) is 29.2 Å². The van der Waals surface area contributed by atoms with E-state index >= 15 is 0 Å². The number of nitrogens with zero attached hydrogens (tertiary/aromatic N) is 3. The number of hydrogen-bond donors (Lipinski definition) is 1. The molecular weight excluding hydrogens is 420 g/mol. The van der Waals surface area contributed by atoms with Gasteiger partial charge in [0.2, 0.25) is 5.78 Å². The quantitative estimate of drug-likeness (QED) is 0.434. The van der Waals surface area contributed by atoms with Crippen molar-refractivity contribution < 1.29 is 4.79 Å². The zero-order valence-electron chi connectivity index (χ0n) is 20.1. The molecule has 0 radical (unpaired) electrons. The van der Waals surface area contributed by atoms with E-state index in [1.54, 1.807) is 12.4 Å². The molecule has 1 saturated carbocycles. The SMILES string of the molecule is CC(C)CC1=CCc2c(Nc3ccc(C4CCCCC4)cc3)nc(-c3ccncc3)nc2C1=O. The van der Waals surface area contributed by atoms with Crippen molar-refractivity contribution in [1.29, 1.82) is 0 Å². The number of anilines is 2. The molecule has 0 aliphatic heterocycles. The largest absolute Gasteiger partial charge is 0.340 e. The number of benzene rings is 1. The second-order valence-electron chi connectivity index (χ2n) is 9.90. The van der Waals surface area contributed by atoms with E-state index in [1.165, 1.54) is 37.7 Å². The van der Waals surface area contributed by atoms with Crippen molar-refractivity contribution in [3.63, 3.8) is 0 Å². The predicted molar refractivity (Wildman–Crippen MR) is 136 cm³/mol. The van der Waals surface area contributed by atoms with E-state index in [0.29, 0.717) is 35.6 Å². The molecule has 2 heterocycles. The molecule has 0 saturated heterocycles. The van der Waals surface area contributed by atoms with E-state index in [4.69, 9.17) is 9.97 Å². The zero-order chi connectivity index (χ0) is 23.5. The molecule has 34 heavy (non-hydrogen) atoms. The lowest BCUT2D eigenvalue weighted by Gasteiger charge is -2.22. The number of hydrogen-bond acceptors (Lipinski definition) is 5. The average molecular weight is 453 g/mol. The van der Waals surface area contributed by atoms with Crippen LogP contribution in [0.5, 0.6) is 0 Å². The Labute approximate surface area is 201 Å². The number of nitrogens with one attached hydrogen (secondary N) is 1. The minimum absolute atomic E-state index is 0.0170.